The highest BCUT2D eigenvalue weighted by molar-refractivity contribution is 5.93. The van der Waals surface area contributed by atoms with E-state index in [1.165, 1.54) is 12.5 Å². The van der Waals surface area contributed by atoms with Gasteiger partial charge in [0.05, 0.1) is 25.0 Å². The van der Waals surface area contributed by atoms with Crippen molar-refractivity contribution < 1.29 is 13.9 Å². The zero-order valence-corrected chi connectivity index (χ0v) is 14.1. The first-order valence-corrected chi connectivity index (χ1v) is 8.67. The molecule has 1 atom stereocenters. The normalized spacial score (nSPS) is 24.3. The molecule has 1 spiro atoms. The second-order valence-corrected chi connectivity index (χ2v) is 6.87. The molecule has 25 heavy (non-hydrogen) atoms. The van der Waals surface area contributed by atoms with Crippen LogP contribution >= 0.6 is 0 Å². The van der Waals surface area contributed by atoms with Crippen molar-refractivity contribution in [1.29, 1.82) is 0 Å². The Morgan fingerprint density at radius 1 is 1.20 bits per heavy atom. The predicted molar refractivity (Wildman–Crippen MR) is 91.3 cm³/mol. The molecule has 4 rings (SSSR count). The van der Waals surface area contributed by atoms with Crippen molar-refractivity contribution in [2.75, 3.05) is 44.3 Å². The van der Waals surface area contributed by atoms with E-state index in [0.717, 1.165) is 38.4 Å². The van der Waals surface area contributed by atoms with E-state index in [2.05, 4.69) is 14.9 Å². The van der Waals surface area contributed by atoms with Crippen LogP contribution in [0.25, 0.3) is 0 Å². The summed E-state index contributed by atoms with van der Waals surface area (Å²) in [5.41, 5.74) is 0.516. The molecule has 0 saturated carbocycles. The van der Waals surface area contributed by atoms with Gasteiger partial charge in [0.15, 0.2) is 0 Å². The van der Waals surface area contributed by atoms with Gasteiger partial charge in [-0.1, -0.05) is 0 Å². The molecule has 1 amide bonds. The molecule has 7 nitrogen and oxygen atoms in total. The second kappa shape index (κ2) is 6.84. The zero-order valence-electron chi connectivity index (χ0n) is 14.1. The number of piperidine rings is 1. The van der Waals surface area contributed by atoms with Crippen molar-refractivity contribution in [3.8, 4) is 0 Å². The number of furan rings is 1. The molecular weight excluding hydrogens is 320 g/mol. The fraction of sp³-hybridized carbons (Fsp3) is 0.500. The number of carbonyl (C=O) groups is 1. The van der Waals surface area contributed by atoms with Crippen LogP contribution in [0.15, 0.2) is 41.5 Å². The van der Waals surface area contributed by atoms with Gasteiger partial charge in [-0.25, -0.2) is 9.97 Å². The maximum Gasteiger partial charge on any atom is 0.257 e. The van der Waals surface area contributed by atoms with E-state index in [0.29, 0.717) is 25.3 Å². The summed E-state index contributed by atoms with van der Waals surface area (Å²) < 4.78 is 11.0. The summed E-state index contributed by atoms with van der Waals surface area (Å²) in [6.07, 6.45) is 8.57. The number of anilines is 1. The van der Waals surface area contributed by atoms with E-state index in [-0.39, 0.29) is 11.3 Å². The third kappa shape index (κ3) is 3.37. The number of aromatic nitrogens is 2. The molecule has 2 aliphatic rings. The number of likely N-dealkylation sites (tertiary alicyclic amines) is 1. The minimum absolute atomic E-state index is 0.0274. The Labute approximate surface area is 146 Å². The molecule has 0 N–H and O–H groups in total. The van der Waals surface area contributed by atoms with Gasteiger partial charge >= 0.3 is 0 Å². The van der Waals surface area contributed by atoms with Crippen LogP contribution in [0.1, 0.15) is 23.2 Å². The molecule has 0 bridgehead atoms. The van der Waals surface area contributed by atoms with Gasteiger partial charge in [-0.05, 0) is 25.0 Å². The van der Waals surface area contributed by atoms with Crippen molar-refractivity contribution >= 4 is 11.9 Å². The topological polar surface area (TPSA) is 71.7 Å². The number of ether oxygens (including phenoxy) is 1. The van der Waals surface area contributed by atoms with E-state index in [1.54, 1.807) is 18.5 Å². The summed E-state index contributed by atoms with van der Waals surface area (Å²) in [4.78, 5) is 25.6. The first kappa shape index (κ1) is 16.1. The molecular formula is C18H22N4O3. The number of nitrogens with zero attached hydrogens (tertiary/aromatic N) is 4. The largest absolute Gasteiger partial charge is 0.472 e. The van der Waals surface area contributed by atoms with Gasteiger partial charge < -0.3 is 19.0 Å². The van der Waals surface area contributed by atoms with Gasteiger partial charge in [-0.3, -0.25) is 4.79 Å². The quantitative estimate of drug-likeness (QED) is 0.829. The van der Waals surface area contributed by atoms with Crippen LogP contribution in [0.5, 0.6) is 0 Å². The smallest absolute Gasteiger partial charge is 0.257 e. The van der Waals surface area contributed by atoms with E-state index < -0.39 is 0 Å². The lowest BCUT2D eigenvalue weighted by molar-refractivity contribution is 0.0135. The third-order valence-electron chi connectivity index (χ3n) is 4.99. The monoisotopic (exact) mass is 342 g/mol. The summed E-state index contributed by atoms with van der Waals surface area (Å²) in [6, 6.07) is 3.54. The number of hydrogen-bond donors (Lipinski definition) is 0. The van der Waals surface area contributed by atoms with Gasteiger partial charge in [0.1, 0.15) is 6.26 Å². The molecule has 0 aromatic carbocycles. The number of carbonyl (C=O) groups excluding carboxylic acids is 1. The Bertz CT molecular complexity index is 706. The van der Waals surface area contributed by atoms with Crippen LogP contribution in [-0.2, 0) is 4.74 Å². The highest BCUT2D eigenvalue weighted by Gasteiger charge is 2.41. The van der Waals surface area contributed by atoms with Crippen molar-refractivity contribution in [1.82, 2.24) is 14.9 Å². The Hall–Kier alpha value is -2.41. The van der Waals surface area contributed by atoms with Crippen molar-refractivity contribution in [3.05, 3.63) is 42.6 Å². The van der Waals surface area contributed by atoms with Crippen LogP contribution in [0, 0.1) is 5.41 Å². The summed E-state index contributed by atoms with van der Waals surface area (Å²) in [7, 11) is 0. The first-order valence-electron chi connectivity index (χ1n) is 8.67. The molecule has 7 heteroatoms. The van der Waals surface area contributed by atoms with Crippen LogP contribution in [0.3, 0.4) is 0 Å². The summed E-state index contributed by atoms with van der Waals surface area (Å²) >= 11 is 0. The zero-order chi connectivity index (χ0) is 17.1. The van der Waals surface area contributed by atoms with Gasteiger partial charge in [-0.15, -0.1) is 0 Å². The van der Waals surface area contributed by atoms with Crippen molar-refractivity contribution in [2.24, 2.45) is 5.41 Å². The molecule has 4 heterocycles. The number of rotatable bonds is 2. The van der Waals surface area contributed by atoms with E-state index in [4.69, 9.17) is 9.15 Å². The van der Waals surface area contributed by atoms with Gasteiger partial charge in [0.2, 0.25) is 5.95 Å². The lowest BCUT2D eigenvalue weighted by Crippen LogP contribution is -2.52. The fourth-order valence-corrected chi connectivity index (χ4v) is 3.82. The highest BCUT2D eigenvalue weighted by Crippen LogP contribution is 2.34. The van der Waals surface area contributed by atoms with Crippen LogP contribution in [0.2, 0.25) is 0 Å². The van der Waals surface area contributed by atoms with Crippen molar-refractivity contribution in [2.45, 2.75) is 12.8 Å². The molecule has 0 aliphatic carbocycles. The van der Waals surface area contributed by atoms with E-state index >= 15 is 0 Å². The highest BCUT2D eigenvalue weighted by atomic mass is 16.5. The summed E-state index contributed by atoms with van der Waals surface area (Å²) in [5, 5.41) is 0. The molecule has 2 aromatic heterocycles. The number of amides is 1. The van der Waals surface area contributed by atoms with E-state index in [1.807, 2.05) is 11.0 Å². The van der Waals surface area contributed by atoms with Crippen LogP contribution < -0.4 is 4.90 Å². The van der Waals surface area contributed by atoms with Crippen LogP contribution in [0.4, 0.5) is 5.95 Å². The van der Waals surface area contributed by atoms with E-state index in [9.17, 15) is 4.79 Å². The average Bonchev–Trinajstić information content (AvgIpc) is 3.12. The first-order chi connectivity index (χ1) is 12.3. The molecule has 132 valence electrons. The van der Waals surface area contributed by atoms with Gasteiger partial charge in [0, 0.05) is 44.0 Å². The molecule has 2 aromatic rings. The molecule has 0 unspecified atom stereocenters. The van der Waals surface area contributed by atoms with Gasteiger partial charge in [-0.2, -0.15) is 0 Å². The third-order valence-corrected chi connectivity index (χ3v) is 4.99. The SMILES string of the molecule is O=C(c1ccoc1)N1CCC[C@@]2(COCCN(c3ncccn3)C2)C1. The van der Waals surface area contributed by atoms with Gasteiger partial charge in [0.25, 0.3) is 5.91 Å². The lowest BCUT2D eigenvalue weighted by atomic mass is 9.80. The minimum atomic E-state index is -0.0899. The number of hydrogen-bond acceptors (Lipinski definition) is 6. The Kier molecular flexibility index (Phi) is 4.40. The Morgan fingerprint density at radius 2 is 2.08 bits per heavy atom. The maximum atomic E-state index is 12.7. The Morgan fingerprint density at radius 3 is 2.88 bits per heavy atom. The maximum absolute atomic E-state index is 12.7. The predicted octanol–water partition coefficient (Wildman–Crippen LogP) is 1.83. The second-order valence-electron chi connectivity index (χ2n) is 6.87. The molecule has 2 saturated heterocycles. The molecule has 0 radical (unpaired) electrons. The summed E-state index contributed by atoms with van der Waals surface area (Å²) in [6.45, 7) is 4.32. The molecule has 2 aliphatic heterocycles. The lowest BCUT2D eigenvalue weighted by Gasteiger charge is -2.43. The minimum Gasteiger partial charge on any atom is -0.472 e. The average molecular weight is 342 g/mol. The summed E-state index contributed by atoms with van der Waals surface area (Å²) in [5.74, 6) is 0.755. The van der Waals surface area contributed by atoms with Crippen LogP contribution in [-0.4, -0.2) is 60.2 Å². The fourth-order valence-electron chi connectivity index (χ4n) is 3.82. The molecule has 2 fully saturated rings. The Balaban J connectivity index is 1.53. The standard InChI is InChI=1S/C18H22N4O3/c23-16(15-3-9-24-11-15)21-7-1-4-18(12-21)13-22(8-10-25-14-18)17-19-5-2-6-20-17/h2-3,5-6,9,11H,1,4,7-8,10,12-14H2/t18-/m1/s1. The van der Waals surface area contributed by atoms with Crippen molar-refractivity contribution in [3.63, 3.8) is 0 Å².